The van der Waals surface area contributed by atoms with Gasteiger partial charge < -0.3 is 10.1 Å². The van der Waals surface area contributed by atoms with Gasteiger partial charge in [-0.1, -0.05) is 18.2 Å². The van der Waals surface area contributed by atoms with Crippen molar-refractivity contribution in [3.63, 3.8) is 0 Å². The van der Waals surface area contributed by atoms with Gasteiger partial charge in [0.2, 0.25) is 0 Å². The van der Waals surface area contributed by atoms with Gasteiger partial charge in [-0.15, -0.1) is 0 Å². The molecule has 0 spiro atoms. The number of hydrogen-bond donors (Lipinski definition) is 2. The number of carbonyl (C=O) groups is 1. The van der Waals surface area contributed by atoms with Gasteiger partial charge in [0.05, 0.1) is 6.42 Å². The van der Waals surface area contributed by atoms with Crippen molar-refractivity contribution in [2.75, 3.05) is 0 Å². The molecular formula is C11H11NO2. The van der Waals surface area contributed by atoms with Crippen LogP contribution in [0.25, 0.3) is 10.9 Å². The lowest BCUT2D eigenvalue weighted by Crippen LogP contribution is -1.99. The first-order valence-electron chi connectivity index (χ1n) is 4.46. The summed E-state index contributed by atoms with van der Waals surface area (Å²) in [5.41, 5.74) is 2.92. The van der Waals surface area contributed by atoms with Crippen molar-refractivity contribution in [1.82, 2.24) is 4.98 Å². The maximum atomic E-state index is 10.5. The van der Waals surface area contributed by atoms with Crippen LogP contribution in [-0.4, -0.2) is 16.1 Å². The Morgan fingerprint density at radius 3 is 2.93 bits per heavy atom. The minimum atomic E-state index is -0.811. The van der Waals surface area contributed by atoms with Crippen LogP contribution < -0.4 is 0 Å². The fourth-order valence-corrected chi connectivity index (χ4v) is 1.62. The molecule has 14 heavy (non-hydrogen) atoms. The van der Waals surface area contributed by atoms with Gasteiger partial charge in [-0.3, -0.25) is 4.79 Å². The van der Waals surface area contributed by atoms with Gasteiger partial charge in [-0.2, -0.15) is 0 Å². The first-order chi connectivity index (χ1) is 6.66. The molecule has 3 heteroatoms. The number of aliphatic carboxylic acids is 1. The van der Waals surface area contributed by atoms with E-state index in [1.807, 2.05) is 31.2 Å². The second-order valence-corrected chi connectivity index (χ2v) is 3.40. The average molecular weight is 189 g/mol. The van der Waals surface area contributed by atoms with Crippen molar-refractivity contribution >= 4 is 16.9 Å². The maximum Gasteiger partial charge on any atom is 0.309 e. The summed E-state index contributed by atoms with van der Waals surface area (Å²) in [6, 6.07) is 7.83. The fourth-order valence-electron chi connectivity index (χ4n) is 1.62. The van der Waals surface area contributed by atoms with Gasteiger partial charge >= 0.3 is 5.97 Å². The van der Waals surface area contributed by atoms with Crippen molar-refractivity contribution < 1.29 is 9.90 Å². The molecule has 1 aromatic carbocycles. The normalized spacial score (nSPS) is 10.6. The number of nitrogens with one attached hydrogen (secondary N) is 1. The van der Waals surface area contributed by atoms with E-state index in [-0.39, 0.29) is 6.42 Å². The zero-order valence-corrected chi connectivity index (χ0v) is 7.87. The summed E-state index contributed by atoms with van der Waals surface area (Å²) in [6.07, 6.45) is 0.0497. The molecule has 2 rings (SSSR count). The topological polar surface area (TPSA) is 53.1 Å². The minimum Gasteiger partial charge on any atom is -0.481 e. The molecule has 0 saturated carbocycles. The summed E-state index contributed by atoms with van der Waals surface area (Å²) >= 11 is 0. The smallest absolute Gasteiger partial charge is 0.309 e. The summed E-state index contributed by atoms with van der Waals surface area (Å²) in [5.74, 6) is -0.811. The van der Waals surface area contributed by atoms with Crippen molar-refractivity contribution in [2.45, 2.75) is 13.3 Å². The zero-order chi connectivity index (χ0) is 10.1. The predicted octanol–water partition coefficient (Wildman–Crippen LogP) is 2.10. The van der Waals surface area contributed by atoms with Crippen LogP contribution in [-0.2, 0) is 11.2 Å². The van der Waals surface area contributed by atoms with Gasteiger partial charge in [0.15, 0.2) is 0 Å². The number of rotatable bonds is 2. The number of para-hydroxylation sites is 1. The third-order valence-electron chi connectivity index (χ3n) is 2.26. The molecule has 2 aromatic rings. The molecule has 0 radical (unpaired) electrons. The third kappa shape index (κ3) is 1.48. The summed E-state index contributed by atoms with van der Waals surface area (Å²) in [5, 5.41) is 9.71. The SMILES string of the molecule is Cc1cccc2cc(CC(=O)O)[nH]c12. The number of H-pyrrole nitrogens is 1. The van der Waals surface area contributed by atoms with Crippen LogP contribution in [0.1, 0.15) is 11.3 Å². The van der Waals surface area contributed by atoms with Gasteiger partial charge in [0.1, 0.15) is 0 Å². The van der Waals surface area contributed by atoms with E-state index in [2.05, 4.69) is 4.98 Å². The molecule has 0 unspecified atom stereocenters. The second kappa shape index (κ2) is 3.18. The number of aromatic nitrogens is 1. The fraction of sp³-hybridized carbons (Fsp3) is 0.182. The zero-order valence-electron chi connectivity index (χ0n) is 7.87. The highest BCUT2D eigenvalue weighted by Crippen LogP contribution is 2.18. The van der Waals surface area contributed by atoms with E-state index in [9.17, 15) is 4.79 Å². The summed E-state index contributed by atoms with van der Waals surface area (Å²) in [6.45, 7) is 2.00. The van der Waals surface area contributed by atoms with Crippen LogP contribution in [0.2, 0.25) is 0 Å². The summed E-state index contributed by atoms with van der Waals surface area (Å²) in [4.78, 5) is 13.6. The molecule has 0 saturated heterocycles. The molecule has 2 N–H and O–H groups in total. The Balaban J connectivity index is 2.51. The van der Waals surface area contributed by atoms with E-state index in [0.29, 0.717) is 0 Å². The van der Waals surface area contributed by atoms with Crippen LogP contribution in [0.3, 0.4) is 0 Å². The summed E-state index contributed by atoms with van der Waals surface area (Å²) in [7, 11) is 0. The van der Waals surface area contributed by atoms with Crippen LogP contribution in [0.4, 0.5) is 0 Å². The molecular weight excluding hydrogens is 178 g/mol. The van der Waals surface area contributed by atoms with Crippen LogP contribution in [0.5, 0.6) is 0 Å². The largest absolute Gasteiger partial charge is 0.481 e. The van der Waals surface area contributed by atoms with Gasteiger partial charge in [0, 0.05) is 11.2 Å². The summed E-state index contributed by atoms with van der Waals surface area (Å²) < 4.78 is 0. The van der Waals surface area contributed by atoms with Crippen LogP contribution in [0.15, 0.2) is 24.3 Å². The van der Waals surface area contributed by atoms with Crippen molar-refractivity contribution in [3.8, 4) is 0 Å². The van der Waals surface area contributed by atoms with Crippen molar-refractivity contribution in [1.29, 1.82) is 0 Å². The molecule has 1 aromatic heterocycles. The first kappa shape index (κ1) is 8.81. The van der Waals surface area contributed by atoms with Gasteiger partial charge in [-0.05, 0) is 23.9 Å². The lowest BCUT2D eigenvalue weighted by atomic mass is 10.2. The Hall–Kier alpha value is -1.77. The number of carboxylic acids is 1. The Morgan fingerprint density at radius 2 is 2.29 bits per heavy atom. The molecule has 0 aliphatic carbocycles. The Bertz CT molecular complexity index is 485. The minimum absolute atomic E-state index is 0.0497. The number of fused-ring (bicyclic) bond motifs is 1. The standard InChI is InChI=1S/C11H11NO2/c1-7-3-2-4-8-5-9(6-10(13)14)12-11(7)8/h2-5,12H,6H2,1H3,(H,13,14). The van der Waals surface area contributed by atoms with Crippen LogP contribution in [0, 0.1) is 6.92 Å². The number of carboxylic acid groups (broad SMARTS) is 1. The molecule has 0 fully saturated rings. The van der Waals surface area contributed by atoms with E-state index < -0.39 is 5.97 Å². The Kier molecular flexibility index (Phi) is 2.00. The molecule has 0 amide bonds. The Labute approximate surface area is 81.4 Å². The highest BCUT2D eigenvalue weighted by molar-refractivity contribution is 5.84. The maximum absolute atomic E-state index is 10.5. The average Bonchev–Trinajstić information content (AvgIpc) is 2.47. The number of aromatic amines is 1. The van der Waals surface area contributed by atoms with Crippen molar-refractivity contribution in [3.05, 3.63) is 35.5 Å². The quantitative estimate of drug-likeness (QED) is 0.760. The molecule has 3 nitrogen and oxygen atoms in total. The monoisotopic (exact) mass is 189 g/mol. The second-order valence-electron chi connectivity index (χ2n) is 3.40. The van der Waals surface area contributed by atoms with Crippen LogP contribution >= 0.6 is 0 Å². The lowest BCUT2D eigenvalue weighted by molar-refractivity contribution is -0.136. The van der Waals surface area contributed by atoms with E-state index in [4.69, 9.17) is 5.11 Å². The molecule has 0 atom stereocenters. The number of benzene rings is 1. The van der Waals surface area contributed by atoms with E-state index in [0.717, 1.165) is 22.2 Å². The highest BCUT2D eigenvalue weighted by Gasteiger charge is 2.05. The molecule has 0 aliphatic rings. The lowest BCUT2D eigenvalue weighted by Gasteiger charge is -1.93. The number of aryl methyl sites for hydroxylation is 1. The molecule has 0 aliphatic heterocycles. The van der Waals surface area contributed by atoms with Gasteiger partial charge in [0.25, 0.3) is 0 Å². The molecule has 72 valence electrons. The third-order valence-corrected chi connectivity index (χ3v) is 2.26. The molecule has 0 bridgehead atoms. The van der Waals surface area contributed by atoms with E-state index in [1.165, 1.54) is 0 Å². The predicted molar refractivity (Wildman–Crippen MR) is 54.4 cm³/mol. The first-order valence-corrected chi connectivity index (χ1v) is 4.46. The van der Waals surface area contributed by atoms with Gasteiger partial charge in [-0.25, -0.2) is 0 Å². The van der Waals surface area contributed by atoms with E-state index >= 15 is 0 Å². The highest BCUT2D eigenvalue weighted by atomic mass is 16.4. The Morgan fingerprint density at radius 1 is 1.50 bits per heavy atom. The molecule has 1 heterocycles. The van der Waals surface area contributed by atoms with E-state index in [1.54, 1.807) is 0 Å². The van der Waals surface area contributed by atoms with Crippen molar-refractivity contribution in [2.24, 2.45) is 0 Å². The number of hydrogen-bond acceptors (Lipinski definition) is 1.